The summed E-state index contributed by atoms with van der Waals surface area (Å²) in [4.78, 5) is 10.4. The number of hydrogen-bond acceptors (Lipinski definition) is 3. The second-order valence-corrected chi connectivity index (χ2v) is 3.97. The molecule has 0 aliphatic carbocycles. The van der Waals surface area contributed by atoms with E-state index in [1.54, 1.807) is 16.9 Å². The Morgan fingerprint density at radius 1 is 1.60 bits per heavy atom. The largest absolute Gasteiger partial charge is 0.481 e. The van der Waals surface area contributed by atoms with Crippen LogP contribution in [0, 0.1) is 5.92 Å². The first-order valence-electron chi connectivity index (χ1n) is 4.92. The molecule has 0 aromatic carbocycles. The highest BCUT2D eigenvalue weighted by atomic mass is 16.4. The maximum atomic E-state index is 10.4. The van der Waals surface area contributed by atoms with Gasteiger partial charge >= 0.3 is 5.97 Å². The third kappa shape index (κ3) is 3.71. The lowest BCUT2D eigenvalue weighted by Crippen LogP contribution is -2.09. The van der Waals surface area contributed by atoms with E-state index in [1.165, 1.54) is 0 Å². The summed E-state index contributed by atoms with van der Waals surface area (Å²) in [6.45, 7) is 4.89. The average Bonchev–Trinajstić information content (AvgIpc) is 2.50. The van der Waals surface area contributed by atoms with Gasteiger partial charge in [0, 0.05) is 12.7 Å². The Bertz CT molecular complexity index is 333. The monoisotopic (exact) mass is 212 g/mol. The maximum Gasteiger partial charge on any atom is 0.306 e. The second-order valence-electron chi connectivity index (χ2n) is 3.97. The van der Waals surface area contributed by atoms with Crippen molar-refractivity contribution >= 4 is 5.97 Å². The molecule has 1 unspecified atom stereocenters. The summed E-state index contributed by atoms with van der Waals surface area (Å²) in [5, 5.41) is 22.1. The molecule has 1 heterocycles. The summed E-state index contributed by atoms with van der Waals surface area (Å²) < 4.78 is 1.71. The summed E-state index contributed by atoms with van der Waals surface area (Å²) in [5.41, 5.74) is 0.415. The van der Waals surface area contributed by atoms with Crippen LogP contribution in [0.15, 0.2) is 12.3 Å². The molecule has 84 valence electrons. The SMILES string of the molecule is CC(C)Cn1ccc(C(O)CC(=O)O)n1. The molecule has 5 nitrogen and oxygen atoms in total. The number of aromatic nitrogens is 2. The van der Waals surface area contributed by atoms with E-state index in [-0.39, 0.29) is 6.42 Å². The molecule has 1 aromatic rings. The average molecular weight is 212 g/mol. The van der Waals surface area contributed by atoms with Gasteiger partial charge in [-0.2, -0.15) is 5.10 Å². The number of aliphatic carboxylic acids is 1. The predicted molar refractivity (Wildman–Crippen MR) is 54.3 cm³/mol. The van der Waals surface area contributed by atoms with Gasteiger partial charge in [-0.3, -0.25) is 9.48 Å². The van der Waals surface area contributed by atoms with Crippen molar-refractivity contribution in [2.45, 2.75) is 32.9 Å². The van der Waals surface area contributed by atoms with Gasteiger partial charge in [0.05, 0.1) is 12.1 Å². The van der Waals surface area contributed by atoms with Gasteiger partial charge in [0.1, 0.15) is 6.10 Å². The molecule has 5 heteroatoms. The summed E-state index contributed by atoms with van der Waals surface area (Å²) in [7, 11) is 0. The quantitative estimate of drug-likeness (QED) is 0.764. The van der Waals surface area contributed by atoms with Crippen LogP contribution in [0.3, 0.4) is 0 Å². The zero-order valence-corrected chi connectivity index (χ0v) is 8.92. The van der Waals surface area contributed by atoms with Crippen molar-refractivity contribution in [2.24, 2.45) is 5.92 Å². The molecule has 0 aliphatic heterocycles. The first-order valence-corrected chi connectivity index (χ1v) is 4.92. The van der Waals surface area contributed by atoms with Crippen molar-refractivity contribution in [3.8, 4) is 0 Å². The Hall–Kier alpha value is -1.36. The highest BCUT2D eigenvalue weighted by Gasteiger charge is 2.14. The molecule has 15 heavy (non-hydrogen) atoms. The van der Waals surface area contributed by atoms with Crippen LogP contribution in [-0.2, 0) is 11.3 Å². The molecular weight excluding hydrogens is 196 g/mol. The molecule has 0 amide bonds. The molecule has 0 aliphatic rings. The molecule has 0 radical (unpaired) electrons. The minimum Gasteiger partial charge on any atom is -0.481 e. The van der Waals surface area contributed by atoms with Crippen LogP contribution in [-0.4, -0.2) is 26.0 Å². The van der Waals surface area contributed by atoms with Gasteiger partial charge in [-0.1, -0.05) is 13.8 Å². The van der Waals surface area contributed by atoms with Crippen LogP contribution >= 0.6 is 0 Å². The van der Waals surface area contributed by atoms with Crippen LogP contribution in [0.2, 0.25) is 0 Å². The molecule has 1 aromatic heterocycles. The van der Waals surface area contributed by atoms with E-state index in [0.717, 1.165) is 6.54 Å². The molecular formula is C10H16N2O3. The molecule has 0 saturated carbocycles. The lowest BCUT2D eigenvalue weighted by atomic mass is 10.2. The van der Waals surface area contributed by atoms with Crippen molar-refractivity contribution in [2.75, 3.05) is 0 Å². The van der Waals surface area contributed by atoms with Gasteiger partial charge < -0.3 is 10.2 Å². The topological polar surface area (TPSA) is 75.4 Å². The first-order chi connectivity index (χ1) is 6.99. The van der Waals surface area contributed by atoms with Crippen molar-refractivity contribution in [3.63, 3.8) is 0 Å². The van der Waals surface area contributed by atoms with Gasteiger partial charge in [-0.05, 0) is 12.0 Å². The van der Waals surface area contributed by atoms with E-state index in [1.807, 2.05) is 0 Å². The maximum absolute atomic E-state index is 10.4. The van der Waals surface area contributed by atoms with Crippen LogP contribution in [0.1, 0.15) is 32.1 Å². The zero-order valence-electron chi connectivity index (χ0n) is 8.92. The number of carboxylic acids is 1. The molecule has 1 rings (SSSR count). The Balaban J connectivity index is 2.62. The van der Waals surface area contributed by atoms with E-state index in [0.29, 0.717) is 11.6 Å². The Morgan fingerprint density at radius 2 is 2.27 bits per heavy atom. The fourth-order valence-electron chi connectivity index (χ4n) is 1.30. The van der Waals surface area contributed by atoms with E-state index < -0.39 is 12.1 Å². The Labute approximate surface area is 88.3 Å². The summed E-state index contributed by atoms with van der Waals surface area (Å²) >= 11 is 0. The molecule has 0 fully saturated rings. The van der Waals surface area contributed by atoms with Gasteiger partial charge in [0.2, 0.25) is 0 Å². The number of aliphatic hydroxyl groups excluding tert-OH is 1. The van der Waals surface area contributed by atoms with Crippen LogP contribution in [0.4, 0.5) is 0 Å². The number of aliphatic hydroxyl groups is 1. The lowest BCUT2D eigenvalue weighted by molar-refractivity contribution is -0.139. The minimum absolute atomic E-state index is 0.307. The zero-order chi connectivity index (χ0) is 11.4. The highest BCUT2D eigenvalue weighted by Crippen LogP contribution is 2.14. The van der Waals surface area contributed by atoms with E-state index in [9.17, 15) is 9.90 Å². The van der Waals surface area contributed by atoms with Crippen LogP contribution in [0.25, 0.3) is 0 Å². The number of rotatable bonds is 5. The normalized spacial score (nSPS) is 13.1. The van der Waals surface area contributed by atoms with Gasteiger partial charge in [0.25, 0.3) is 0 Å². The van der Waals surface area contributed by atoms with Gasteiger partial charge in [-0.25, -0.2) is 0 Å². The fraction of sp³-hybridized carbons (Fsp3) is 0.600. The molecule has 1 atom stereocenters. The number of nitrogens with zero attached hydrogens (tertiary/aromatic N) is 2. The Morgan fingerprint density at radius 3 is 2.80 bits per heavy atom. The first kappa shape index (κ1) is 11.7. The number of carbonyl (C=O) groups is 1. The number of carboxylic acid groups (broad SMARTS) is 1. The number of hydrogen-bond donors (Lipinski definition) is 2. The summed E-state index contributed by atoms with van der Waals surface area (Å²) in [6.07, 6.45) is 0.426. The van der Waals surface area contributed by atoms with Crippen molar-refractivity contribution in [1.82, 2.24) is 9.78 Å². The van der Waals surface area contributed by atoms with Crippen molar-refractivity contribution < 1.29 is 15.0 Å². The Kier molecular flexibility index (Phi) is 3.85. The highest BCUT2D eigenvalue weighted by molar-refractivity contribution is 5.67. The molecule has 0 saturated heterocycles. The predicted octanol–water partition coefficient (Wildman–Crippen LogP) is 1.05. The van der Waals surface area contributed by atoms with E-state index >= 15 is 0 Å². The summed E-state index contributed by atoms with van der Waals surface area (Å²) in [5.74, 6) is -0.560. The van der Waals surface area contributed by atoms with E-state index in [2.05, 4.69) is 18.9 Å². The van der Waals surface area contributed by atoms with Crippen LogP contribution in [0.5, 0.6) is 0 Å². The fourth-order valence-corrected chi connectivity index (χ4v) is 1.30. The van der Waals surface area contributed by atoms with Gasteiger partial charge in [0.15, 0.2) is 0 Å². The molecule has 2 N–H and O–H groups in total. The van der Waals surface area contributed by atoms with E-state index in [4.69, 9.17) is 5.11 Å². The lowest BCUT2D eigenvalue weighted by Gasteiger charge is -2.05. The summed E-state index contributed by atoms with van der Waals surface area (Å²) in [6, 6.07) is 1.65. The minimum atomic E-state index is -1.03. The second kappa shape index (κ2) is 4.93. The third-order valence-corrected chi connectivity index (χ3v) is 1.92. The molecule has 0 spiro atoms. The smallest absolute Gasteiger partial charge is 0.306 e. The van der Waals surface area contributed by atoms with Gasteiger partial charge in [-0.15, -0.1) is 0 Å². The third-order valence-electron chi connectivity index (χ3n) is 1.92. The van der Waals surface area contributed by atoms with Crippen LogP contribution < -0.4 is 0 Å². The standard InChI is InChI=1S/C10H16N2O3/c1-7(2)6-12-4-3-8(11-12)9(13)5-10(14)15/h3-4,7,9,13H,5-6H2,1-2H3,(H,14,15). The van der Waals surface area contributed by atoms with Crippen molar-refractivity contribution in [3.05, 3.63) is 18.0 Å². The van der Waals surface area contributed by atoms with Crippen molar-refractivity contribution in [1.29, 1.82) is 0 Å². The molecule has 0 bridgehead atoms.